The van der Waals surface area contributed by atoms with Crippen molar-refractivity contribution < 1.29 is 8.63 Å². The minimum absolute atomic E-state index is 0.0152. The lowest BCUT2D eigenvalue weighted by atomic mass is 9.95. The van der Waals surface area contributed by atoms with Crippen molar-refractivity contribution in [1.29, 1.82) is 0 Å². The minimum atomic E-state index is -2.50. The summed E-state index contributed by atoms with van der Waals surface area (Å²) in [5, 5.41) is 2.60. The third kappa shape index (κ3) is 3.71. The van der Waals surface area contributed by atoms with Gasteiger partial charge >= 0.3 is 0 Å². The molecule has 1 aliphatic carbocycles. The normalized spacial score (nSPS) is 24.3. The molecule has 0 aliphatic heterocycles. The number of thioether (sulfide) groups is 1. The van der Waals surface area contributed by atoms with Gasteiger partial charge in [0.05, 0.1) is 10.2 Å². The molecule has 1 unspecified atom stereocenters. The summed E-state index contributed by atoms with van der Waals surface area (Å²) in [5.74, 6) is 0. The molecular weight excluding hydrogens is 388 g/mol. The van der Waals surface area contributed by atoms with E-state index >= 15 is 0 Å². The average Bonchev–Trinajstić information content (AvgIpc) is 2.61. The molecule has 1 aliphatic rings. The van der Waals surface area contributed by atoms with Crippen LogP contribution in [0.25, 0.3) is 0 Å². The first kappa shape index (κ1) is 20.8. The maximum Gasteiger partial charge on any atom is 0.261 e. The van der Waals surface area contributed by atoms with E-state index in [0.717, 1.165) is 12.8 Å². The molecule has 27 heavy (non-hydrogen) atoms. The van der Waals surface area contributed by atoms with Gasteiger partial charge in [-0.1, -0.05) is 81.4 Å². The lowest BCUT2D eigenvalue weighted by Crippen LogP contribution is -2.69. The van der Waals surface area contributed by atoms with E-state index in [1.807, 2.05) is 6.26 Å². The maximum atomic E-state index is 12.3. The van der Waals surface area contributed by atoms with Gasteiger partial charge in [0.25, 0.3) is 8.32 Å². The second-order valence-electron chi connectivity index (χ2n) is 8.38. The fourth-order valence-corrected chi connectivity index (χ4v) is 11.3. The average molecular weight is 419 g/mol. The minimum Gasteiger partial charge on any atom is -0.404 e. The van der Waals surface area contributed by atoms with E-state index in [4.69, 9.17) is 4.43 Å². The highest BCUT2D eigenvalue weighted by Gasteiger charge is 2.56. The Morgan fingerprint density at radius 1 is 1.00 bits per heavy atom. The van der Waals surface area contributed by atoms with Crippen molar-refractivity contribution in [2.24, 2.45) is 0 Å². The van der Waals surface area contributed by atoms with Gasteiger partial charge in [-0.25, -0.2) is 0 Å². The molecule has 3 rings (SSSR count). The SMILES string of the molecule is CSC1(S(C)=O)CC(O[Si](c2ccccc2)(c2ccccc2)C(C)(C)C)C1. The Hall–Kier alpha value is -0.883. The first-order valence-electron chi connectivity index (χ1n) is 9.43. The summed E-state index contributed by atoms with van der Waals surface area (Å²) in [6.45, 7) is 6.91. The summed E-state index contributed by atoms with van der Waals surface area (Å²) in [6.07, 6.45) is 5.78. The van der Waals surface area contributed by atoms with Crippen LogP contribution < -0.4 is 10.4 Å². The van der Waals surface area contributed by atoms with E-state index in [2.05, 4.69) is 87.7 Å². The molecule has 2 nitrogen and oxygen atoms in total. The van der Waals surface area contributed by atoms with E-state index in [1.54, 1.807) is 11.8 Å². The van der Waals surface area contributed by atoms with Crippen LogP contribution >= 0.6 is 11.8 Å². The van der Waals surface area contributed by atoms with Crippen LogP contribution in [-0.4, -0.2) is 35.2 Å². The van der Waals surface area contributed by atoms with Crippen molar-refractivity contribution >= 4 is 41.3 Å². The van der Waals surface area contributed by atoms with Crippen LogP contribution in [0.5, 0.6) is 0 Å². The quantitative estimate of drug-likeness (QED) is 0.659. The van der Waals surface area contributed by atoms with Gasteiger partial charge in [-0.3, -0.25) is 4.21 Å². The molecule has 1 fully saturated rings. The predicted octanol–water partition coefficient (Wildman–Crippen LogP) is 4.16. The molecule has 0 bridgehead atoms. The highest BCUT2D eigenvalue weighted by atomic mass is 32.2. The third-order valence-corrected chi connectivity index (χ3v) is 14.5. The van der Waals surface area contributed by atoms with Crippen LogP contribution in [0, 0.1) is 0 Å². The van der Waals surface area contributed by atoms with E-state index < -0.39 is 19.1 Å². The Balaban J connectivity index is 2.05. The molecule has 5 heteroatoms. The van der Waals surface area contributed by atoms with Gasteiger partial charge in [0.2, 0.25) is 0 Å². The van der Waals surface area contributed by atoms with Gasteiger partial charge in [0, 0.05) is 17.1 Å². The monoisotopic (exact) mass is 418 g/mol. The Morgan fingerprint density at radius 3 is 1.78 bits per heavy atom. The Bertz CT molecular complexity index is 741. The van der Waals surface area contributed by atoms with E-state index in [-0.39, 0.29) is 15.2 Å². The lowest BCUT2D eigenvalue weighted by molar-refractivity contribution is 0.104. The fraction of sp³-hybridized carbons (Fsp3) is 0.455. The molecule has 0 radical (unpaired) electrons. The largest absolute Gasteiger partial charge is 0.404 e. The second-order valence-corrected chi connectivity index (χ2v) is 15.8. The van der Waals surface area contributed by atoms with Crippen molar-refractivity contribution in [3.63, 3.8) is 0 Å². The number of benzene rings is 2. The van der Waals surface area contributed by atoms with Crippen LogP contribution in [0.4, 0.5) is 0 Å². The van der Waals surface area contributed by atoms with Gasteiger partial charge in [-0.2, -0.15) is 0 Å². The molecule has 0 amide bonds. The van der Waals surface area contributed by atoms with Crippen molar-refractivity contribution in [1.82, 2.24) is 0 Å². The summed E-state index contributed by atoms with van der Waals surface area (Å²) >= 11 is 1.73. The van der Waals surface area contributed by atoms with Gasteiger partial charge in [0.15, 0.2) is 0 Å². The molecule has 146 valence electrons. The molecule has 0 aromatic heterocycles. The molecular formula is C22H30O2S2Si. The summed E-state index contributed by atoms with van der Waals surface area (Å²) in [7, 11) is -3.34. The van der Waals surface area contributed by atoms with Gasteiger partial charge in [-0.15, -0.1) is 11.8 Å². The molecule has 2 aromatic carbocycles. The third-order valence-electron chi connectivity index (χ3n) is 5.73. The number of rotatable bonds is 6. The summed E-state index contributed by atoms with van der Waals surface area (Å²) in [4.78, 5) is 0. The van der Waals surface area contributed by atoms with Gasteiger partial charge in [-0.05, 0) is 34.5 Å². The zero-order valence-electron chi connectivity index (χ0n) is 16.9. The highest BCUT2D eigenvalue weighted by molar-refractivity contribution is 8.12. The topological polar surface area (TPSA) is 26.3 Å². The summed E-state index contributed by atoms with van der Waals surface area (Å²) < 4.78 is 19.2. The molecule has 0 N–H and O–H groups in total. The Kier molecular flexibility index (Phi) is 6.07. The van der Waals surface area contributed by atoms with Crippen molar-refractivity contribution in [2.75, 3.05) is 12.5 Å². The van der Waals surface area contributed by atoms with Crippen molar-refractivity contribution in [2.45, 2.75) is 48.8 Å². The Morgan fingerprint density at radius 2 is 1.44 bits per heavy atom. The number of hydrogen-bond acceptors (Lipinski definition) is 3. The Labute approximate surface area is 171 Å². The zero-order valence-corrected chi connectivity index (χ0v) is 19.5. The van der Waals surface area contributed by atoms with Crippen LogP contribution in [0.2, 0.25) is 5.04 Å². The molecule has 2 aromatic rings. The fourth-order valence-electron chi connectivity index (χ4n) is 4.18. The lowest BCUT2D eigenvalue weighted by Gasteiger charge is -2.51. The first-order valence-corrected chi connectivity index (χ1v) is 14.1. The second kappa shape index (κ2) is 7.86. The van der Waals surface area contributed by atoms with Crippen molar-refractivity contribution in [3.05, 3.63) is 60.7 Å². The van der Waals surface area contributed by atoms with E-state index in [1.165, 1.54) is 10.4 Å². The van der Waals surface area contributed by atoms with Crippen LogP contribution in [0.3, 0.4) is 0 Å². The smallest absolute Gasteiger partial charge is 0.261 e. The van der Waals surface area contributed by atoms with Crippen LogP contribution in [0.15, 0.2) is 60.7 Å². The van der Waals surface area contributed by atoms with Crippen LogP contribution in [0.1, 0.15) is 33.6 Å². The standard InChI is InChI=1S/C22H30O2S2Si/c1-21(2,3)27(19-12-8-6-9-13-19,20-14-10-7-11-15-20)24-18-16-22(17-18,25-4)26(5)23/h6-15,18H,16-17H2,1-5H3. The highest BCUT2D eigenvalue weighted by Crippen LogP contribution is 2.49. The van der Waals surface area contributed by atoms with Gasteiger partial charge in [0.1, 0.15) is 0 Å². The predicted molar refractivity (Wildman–Crippen MR) is 122 cm³/mol. The van der Waals surface area contributed by atoms with Crippen molar-refractivity contribution in [3.8, 4) is 0 Å². The summed E-state index contributed by atoms with van der Waals surface area (Å²) in [5.41, 5.74) is 0. The van der Waals surface area contributed by atoms with Crippen LogP contribution in [-0.2, 0) is 15.2 Å². The summed E-state index contributed by atoms with van der Waals surface area (Å²) in [6, 6.07) is 21.5. The van der Waals surface area contributed by atoms with E-state index in [9.17, 15) is 4.21 Å². The molecule has 1 saturated carbocycles. The zero-order chi connectivity index (χ0) is 19.7. The van der Waals surface area contributed by atoms with E-state index in [0.29, 0.717) is 0 Å². The van der Waals surface area contributed by atoms with Gasteiger partial charge < -0.3 is 4.43 Å². The maximum absolute atomic E-state index is 12.3. The number of hydrogen-bond donors (Lipinski definition) is 0. The molecule has 1 atom stereocenters. The molecule has 0 heterocycles. The molecule has 0 spiro atoms. The molecule has 0 saturated heterocycles. The first-order chi connectivity index (χ1) is 12.7.